The van der Waals surface area contributed by atoms with Gasteiger partial charge in [0.1, 0.15) is 45.9 Å². The van der Waals surface area contributed by atoms with Gasteiger partial charge in [-0.1, -0.05) is 0 Å². The van der Waals surface area contributed by atoms with Gasteiger partial charge in [-0.05, 0) is 0 Å². The van der Waals surface area contributed by atoms with Crippen LogP contribution in [0.25, 0.3) is 0 Å². The average Bonchev–Trinajstić information content (AvgIpc) is 2.35. The van der Waals surface area contributed by atoms with E-state index in [-0.39, 0.29) is 17.4 Å². The van der Waals surface area contributed by atoms with Crippen LogP contribution in [0, 0.1) is 0 Å². The van der Waals surface area contributed by atoms with E-state index >= 15 is 0 Å². The van der Waals surface area contributed by atoms with Gasteiger partial charge < -0.3 is 5.32 Å². The molecular weight excluding hydrogens is 266 g/mol. The van der Waals surface area contributed by atoms with E-state index in [0.717, 1.165) is 0 Å². The van der Waals surface area contributed by atoms with Gasteiger partial charge >= 0.3 is 0 Å². The van der Waals surface area contributed by atoms with Crippen LogP contribution in [0.4, 0.5) is 0 Å². The molecule has 0 aromatic rings. The molecule has 0 aromatic heterocycles. The maximum Gasteiger partial charge on any atom is 0.152 e. The predicted molar refractivity (Wildman–Crippen MR) is 49.2 cm³/mol. The van der Waals surface area contributed by atoms with Crippen LogP contribution >= 0.6 is 0 Å². The van der Waals surface area contributed by atoms with Gasteiger partial charge in [-0.3, -0.25) is 0 Å². The van der Waals surface area contributed by atoms with Crippen molar-refractivity contribution in [2.45, 2.75) is 0 Å². The molecule has 7 heteroatoms. The molecular formula is C10HCrNO5. The van der Waals surface area contributed by atoms with Gasteiger partial charge in [0, 0.05) is 17.4 Å². The van der Waals surface area contributed by atoms with Crippen LogP contribution in [0.3, 0.4) is 0 Å². The topological polar surface area (TPSA) is 97.4 Å². The molecule has 1 saturated heterocycles. The second kappa shape index (κ2) is 6.23. The smallest absolute Gasteiger partial charge is 0.152 e. The van der Waals surface area contributed by atoms with Gasteiger partial charge in [0.05, 0.1) is 0 Å². The Labute approximate surface area is 105 Å². The number of rotatable bonds is 0. The molecule has 1 aliphatic rings. The first kappa shape index (κ1) is 14.6. The van der Waals surface area contributed by atoms with Gasteiger partial charge in [-0.15, -0.1) is 0 Å². The summed E-state index contributed by atoms with van der Waals surface area (Å²) in [6.45, 7) is 0. The Morgan fingerprint density at radius 3 is 1.18 bits per heavy atom. The third-order valence-corrected chi connectivity index (χ3v) is 1.76. The summed E-state index contributed by atoms with van der Waals surface area (Å²) in [6, 6.07) is 0. The van der Waals surface area contributed by atoms with E-state index in [1.165, 1.54) is 29.7 Å². The standard InChI is InChI=1S/C10HNO5.Cr/c12-1-6-7(2-13)9(4-15)11-10(5-16)8(6)3-14;/h11H;. The molecule has 17 heavy (non-hydrogen) atoms. The molecule has 6 nitrogen and oxygen atoms in total. The number of carbonyl (C=O) groups excluding carboxylic acids is 5. The Morgan fingerprint density at radius 1 is 0.588 bits per heavy atom. The average molecular weight is 267 g/mol. The molecule has 0 unspecified atom stereocenters. The van der Waals surface area contributed by atoms with Crippen LogP contribution in [0.5, 0.6) is 0 Å². The summed E-state index contributed by atoms with van der Waals surface area (Å²) in [4.78, 5) is 52.4. The fraction of sp³-hybridized carbons (Fsp3) is 0. The third-order valence-electron chi connectivity index (χ3n) is 1.76. The molecule has 0 amide bonds. The summed E-state index contributed by atoms with van der Waals surface area (Å²) in [7, 11) is 0. The van der Waals surface area contributed by atoms with Crippen LogP contribution < -0.4 is 5.32 Å². The molecule has 0 aliphatic carbocycles. The van der Waals surface area contributed by atoms with Gasteiger partial charge in [0.15, 0.2) is 11.9 Å². The number of allylic oxidation sites excluding steroid dienone is 2. The molecule has 0 saturated carbocycles. The van der Waals surface area contributed by atoms with Crippen LogP contribution in [0.1, 0.15) is 0 Å². The predicted octanol–water partition coefficient (Wildman–Crippen LogP) is -1.71. The van der Waals surface area contributed by atoms with Crippen molar-refractivity contribution in [3.63, 3.8) is 0 Å². The maximum absolute atomic E-state index is 10.5. The summed E-state index contributed by atoms with van der Waals surface area (Å²) < 4.78 is 0. The van der Waals surface area contributed by atoms with Gasteiger partial charge in [-0.25, -0.2) is 24.0 Å². The van der Waals surface area contributed by atoms with Crippen molar-refractivity contribution in [3.05, 3.63) is 28.1 Å². The molecule has 0 aromatic carbocycles. The number of hydrogen-bond donors (Lipinski definition) is 1. The molecule has 0 radical (unpaired) electrons. The minimum absolute atomic E-state index is 0. The van der Waals surface area contributed by atoms with Crippen LogP contribution in [-0.4, -0.2) is 29.7 Å². The van der Waals surface area contributed by atoms with E-state index < -0.39 is 28.1 Å². The summed E-state index contributed by atoms with van der Waals surface area (Å²) in [5.74, 6) is 6.40. The van der Waals surface area contributed by atoms with E-state index in [1.54, 1.807) is 0 Å². The minimum Gasteiger partial charge on any atom is -0.335 e. The molecule has 0 atom stereocenters. The van der Waals surface area contributed by atoms with E-state index in [9.17, 15) is 24.0 Å². The van der Waals surface area contributed by atoms with E-state index in [1.807, 2.05) is 0 Å². The summed E-state index contributed by atoms with van der Waals surface area (Å²) >= 11 is 0. The molecule has 1 aliphatic heterocycles. The first-order valence-corrected chi connectivity index (χ1v) is 3.77. The first-order valence-electron chi connectivity index (χ1n) is 3.77. The Kier molecular flexibility index (Phi) is 5.34. The SMILES string of the molecule is O=C=C1NC(=C=O)C(=C=O)C(=C=O)C1=C=O.[Cr]. The molecule has 1 rings (SSSR count). The Hall–Kier alpha value is -2.42. The summed E-state index contributed by atoms with van der Waals surface area (Å²) in [5.41, 5.74) is -2.58. The third kappa shape index (κ3) is 2.40. The molecule has 1 fully saturated rings. The fourth-order valence-electron chi connectivity index (χ4n) is 1.08. The van der Waals surface area contributed by atoms with Crippen LogP contribution in [0.15, 0.2) is 28.1 Å². The zero-order chi connectivity index (χ0) is 12.1. The second-order valence-electron chi connectivity index (χ2n) is 2.51. The number of hydrogen-bond acceptors (Lipinski definition) is 6. The van der Waals surface area contributed by atoms with Gasteiger partial charge in [0.25, 0.3) is 0 Å². The monoisotopic (exact) mass is 267 g/mol. The molecule has 1 heterocycles. The van der Waals surface area contributed by atoms with Crippen molar-refractivity contribution < 1.29 is 41.3 Å². The molecule has 0 spiro atoms. The second-order valence-corrected chi connectivity index (χ2v) is 2.51. The first-order chi connectivity index (χ1) is 7.73. The molecule has 82 valence electrons. The van der Waals surface area contributed by atoms with Crippen molar-refractivity contribution in [3.8, 4) is 0 Å². The van der Waals surface area contributed by atoms with E-state index in [2.05, 4.69) is 5.32 Å². The molecule has 0 bridgehead atoms. The fourth-order valence-corrected chi connectivity index (χ4v) is 1.08. The van der Waals surface area contributed by atoms with Gasteiger partial charge in [-0.2, -0.15) is 0 Å². The molecule has 1 N–H and O–H groups in total. The largest absolute Gasteiger partial charge is 0.335 e. The zero-order valence-electron chi connectivity index (χ0n) is 7.95. The van der Waals surface area contributed by atoms with Crippen molar-refractivity contribution in [1.82, 2.24) is 5.32 Å². The van der Waals surface area contributed by atoms with Crippen molar-refractivity contribution in [1.29, 1.82) is 0 Å². The van der Waals surface area contributed by atoms with Gasteiger partial charge in [0.2, 0.25) is 0 Å². The van der Waals surface area contributed by atoms with Crippen molar-refractivity contribution in [2.75, 3.05) is 0 Å². The van der Waals surface area contributed by atoms with E-state index in [0.29, 0.717) is 0 Å². The Balaban J connectivity index is 0.00000256. The Morgan fingerprint density at radius 2 is 0.941 bits per heavy atom. The van der Waals surface area contributed by atoms with Crippen molar-refractivity contribution >= 4 is 29.7 Å². The summed E-state index contributed by atoms with van der Waals surface area (Å²) in [6.07, 6.45) is 0. The van der Waals surface area contributed by atoms with Crippen LogP contribution in [0.2, 0.25) is 0 Å². The Bertz CT molecular complexity index is 567. The van der Waals surface area contributed by atoms with Crippen molar-refractivity contribution in [2.24, 2.45) is 0 Å². The minimum atomic E-state index is -0.569. The number of piperidine rings is 1. The maximum atomic E-state index is 10.5. The quantitative estimate of drug-likeness (QED) is 0.525. The number of nitrogens with one attached hydrogen (secondary N) is 1. The van der Waals surface area contributed by atoms with Crippen LogP contribution in [-0.2, 0) is 41.3 Å². The van der Waals surface area contributed by atoms with E-state index in [4.69, 9.17) is 0 Å². The zero-order valence-corrected chi connectivity index (χ0v) is 9.22. The normalized spacial score (nSPS) is 13.3. The summed E-state index contributed by atoms with van der Waals surface area (Å²) in [5, 5.41) is 2.11.